The van der Waals surface area contributed by atoms with E-state index in [4.69, 9.17) is 14.7 Å². The summed E-state index contributed by atoms with van der Waals surface area (Å²) >= 11 is 0. The van der Waals surface area contributed by atoms with E-state index in [2.05, 4.69) is 0 Å². The first kappa shape index (κ1) is 11.1. The summed E-state index contributed by atoms with van der Waals surface area (Å²) in [7, 11) is 0. The lowest BCUT2D eigenvalue weighted by atomic mass is 10.3. The van der Waals surface area contributed by atoms with E-state index in [-0.39, 0.29) is 0 Å². The summed E-state index contributed by atoms with van der Waals surface area (Å²) in [6.45, 7) is 1.75. The molecule has 1 aromatic rings. The van der Waals surface area contributed by atoms with Crippen LogP contribution in [0.1, 0.15) is 13.3 Å². The van der Waals surface area contributed by atoms with Crippen LogP contribution in [0.2, 0.25) is 0 Å². The predicted molar refractivity (Wildman–Crippen MR) is 53.2 cm³/mol. The molecule has 0 spiro atoms. The Labute approximate surface area is 88.0 Å². The normalized spacial score (nSPS) is 11.2. The molecule has 0 aliphatic rings. The van der Waals surface area contributed by atoms with Crippen molar-refractivity contribution in [2.24, 2.45) is 0 Å². The number of para-hydroxylation sites is 1. The van der Waals surface area contributed by atoms with Gasteiger partial charge in [-0.05, 0) is 18.6 Å². The highest BCUT2D eigenvalue weighted by atomic mass is 16.7. The summed E-state index contributed by atoms with van der Waals surface area (Å²) < 4.78 is 9.57. The fourth-order valence-electron chi connectivity index (χ4n) is 0.926. The highest BCUT2D eigenvalue weighted by Gasteiger charge is 2.12. The van der Waals surface area contributed by atoms with E-state index in [1.807, 2.05) is 12.1 Å². The van der Waals surface area contributed by atoms with E-state index in [1.54, 1.807) is 31.2 Å². The van der Waals surface area contributed by atoms with Crippen LogP contribution in [0.3, 0.4) is 0 Å². The van der Waals surface area contributed by atoms with E-state index in [0.29, 0.717) is 12.2 Å². The van der Waals surface area contributed by atoms with Gasteiger partial charge in [0.1, 0.15) is 11.8 Å². The van der Waals surface area contributed by atoms with Crippen LogP contribution in [0, 0.1) is 11.3 Å². The average Bonchev–Trinajstić information content (AvgIpc) is 2.27. The first-order valence-electron chi connectivity index (χ1n) is 4.59. The van der Waals surface area contributed by atoms with Gasteiger partial charge >= 0.3 is 6.16 Å². The van der Waals surface area contributed by atoms with Crippen LogP contribution in [0.15, 0.2) is 30.3 Å². The van der Waals surface area contributed by atoms with Crippen LogP contribution >= 0.6 is 0 Å². The maximum atomic E-state index is 11.1. The third-order valence-corrected chi connectivity index (χ3v) is 1.70. The minimum Gasteiger partial charge on any atom is -0.415 e. The number of nitrogens with zero attached hydrogens (tertiary/aromatic N) is 1. The molecular weight excluding hydrogens is 194 g/mol. The largest absolute Gasteiger partial charge is 0.515 e. The molecule has 1 atom stereocenters. The zero-order valence-electron chi connectivity index (χ0n) is 8.34. The molecule has 0 saturated carbocycles. The molecule has 0 aliphatic heterocycles. The highest BCUT2D eigenvalue weighted by Crippen LogP contribution is 2.10. The van der Waals surface area contributed by atoms with Gasteiger partial charge in [0.15, 0.2) is 6.10 Å². The third kappa shape index (κ3) is 3.69. The summed E-state index contributed by atoms with van der Waals surface area (Å²) in [4.78, 5) is 11.1. The van der Waals surface area contributed by atoms with Crippen LogP contribution in [0.4, 0.5) is 4.79 Å². The minimum absolute atomic E-state index is 0.398. The molecule has 1 rings (SSSR count). The number of hydrogen-bond acceptors (Lipinski definition) is 4. The molecule has 0 saturated heterocycles. The lowest BCUT2D eigenvalue weighted by Crippen LogP contribution is -2.18. The van der Waals surface area contributed by atoms with Gasteiger partial charge in [0.05, 0.1) is 0 Å². The third-order valence-electron chi connectivity index (χ3n) is 1.70. The molecule has 1 aromatic carbocycles. The molecule has 0 aromatic heterocycles. The number of rotatable bonds is 3. The summed E-state index contributed by atoms with van der Waals surface area (Å²) in [5.41, 5.74) is 0. The van der Waals surface area contributed by atoms with Crippen molar-refractivity contribution in [1.82, 2.24) is 0 Å². The Balaban J connectivity index is 2.47. The smallest absolute Gasteiger partial charge is 0.415 e. The molecule has 0 bridgehead atoms. The van der Waals surface area contributed by atoms with Gasteiger partial charge in [-0.15, -0.1) is 0 Å². The molecule has 0 N–H and O–H groups in total. The summed E-state index contributed by atoms with van der Waals surface area (Å²) in [5.74, 6) is 0.398. The summed E-state index contributed by atoms with van der Waals surface area (Å²) in [6.07, 6.45) is -1.16. The standard InChI is InChI=1S/C11H11NO3/c1-2-9(8-12)14-11(13)15-10-6-4-3-5-7-10/h3-7,9H,2H2,1H3. The van der Waals surface area contributed by atoms with Gasteiger partial charge in [0.25, 0.3) is 0 Å². The van der Waals surface area contributed by atoms with Gasteiger partial charge in [-0.1, -0.05) is 25.1 Å². The number of benzene rings is 1. The Morgan fingerprint density at radius 3 is 2.67 bits per heavy atom. The lowest BCUT2D eigenvalue weighted by Gasteiger charge is -2.08. The van der Waals surface area contributed by atoms with Crippen LogP contribution in [-0.4, -0.2) is 12.3 Å². The van der Waals surface area contributed by atoms with Gasteiger partial charge in [-0.3, -0.25) is 0 Å². The first-order valence-corrected chi connectivity index (χ1v) is 4.59. The van der Waals surface area contributed by atoms with Crippen LogP contribution in [0.25, 0.3) is 0 Å². The molecule has 4 heteroatoms. The number of ether oxygens (including phenoxy) is 2. The van der Waals surface area contributed by atoms with E-state index in [0.717, 1.165) is 0 Å². The quantitative estimate of drug-likeness (QED) is 0.562. The Bertz CT molecular complexity index is 356. The molecule has 78 valence electrons. The Hall–Kier alpha value is -2.02. The second kappa shape index (κ2) is 5.66. The number of nitriles is 1. The molecule has 0 amide bonds. The zero-order chi connectivity index (χ0) is 11.1. The molecule has 0 aliphatic carbocycles. The molecule has 1 unspecified atom stereocenters. The van der Waals surface area contributed by atoms with Crippen molar-refractivity contribution < 1.29 is 14.3 Å². The zero-order valence-corrected chi connectivity index (χ0v) is 8.34. The van der Waals surface area contributed by atoms with E-state index < -0.39 is 12.3 Å². The number of carbonyl (C=O) groups excluding carboxylic acids is 1. The van der Waals surface area contributed by atoms with Crippen molar-refractivity contribution in [3.8, 4) is 11.8 Å². The van der Waals surface area contributed by atoms with Gasteiger partial charge < -0.3 is 9.47 Å². The summed E-state index contributed by atoms with van der Waals surface area (Å²) in [5, 5.41) is 8.56. The minimum atomic E-state index is -0.852. The van der Waals surface area contributed by atoms with Crippen molar-refractivity contribution in [1.29, 1.82) is 5.26 Å². The lowest BCUT2D eigenvalue weighted by molar-refractivity contribution is 0.0774. The number of hydrogen-bond donors (Lipinski definition) is 0. The highest BCUT2D eigenvalue weighted by molar-refractivity contribution is 5.64. The van der Waals surface area contributed by atoms with Gasteiger partial charge in [-0.25, -0.2) is 4.79 Å². The maximum absolute atomic E-state index is 11.1. The van der Waals surface area contributed by atoms with E-state index >= 15 is 0 Å². The van der Waals surface area contributed by atoms with Crippen molar-refractivity contribution >= 4 is 6.16 Å². The van der Waals surface area contributed by atoms with Crippen LogP contribution in [0.5, 0.6) is 5.75 Å². The van der Waals surface area contributed by atoms with E-state index in [1.165, 1.54) is 0 Å². The molecule has 15 heavy (non-hydrogen) atoms. The van der Waals surface area contributed by atoms with Gasteiger partial charge in [-0.2, -0.15) is 5.26 Å². The van der Waals surface area contributed by atoms with Crippen LogP contribution < -0.4 is 4.74 Å². The predicted octanol–water partition coefficient (Wildman–Crippen LogP) is 2.50. The van der Waals surface area contributed by atoms with E-state index in [9.17, 15) is 4.79 Å². The molecule has 4 nitrogen and oxygen atoms in total. The van der Waals surface area contributed by atoms with Gasteiger partial charge in [0.2, 0.25) is 0 Å². The first-order chi connectivity index (χ1) is 7.26. The SMILES string of the molecule is CCC(C#N)OC(=O)Oc1ccccc1. The second-order valence-electron chi connectivity index (χ2n) is 2.81. The van der Waals surface area contributed by atoms with Crippen molar-refractivity contribution in [2.45, 2.75) is 19.4 Å². The summed E-state index contributed by atoms with van der Waals surface area (Å²) in [6, 6.07) is 10.4. The van der Waals surface area contributed by atoms with Crippen molar-refractivity contribution in [3.05, 3.63) is 30.3 Å². The second-order valence-corrected chi connectivity index (χ2v) is 2.81. The van der Waals surface area contributed by atoms with Crippen molar-refractivity contribution in [3.63, 3.8) is 0 Å². The Morgan fingerprint density at radius 1 is 1.47 bits per heavy atom. The monoisotopic (exact) mass is 205 g/mol. The maximum Gasteiger partial charge on any atom is 0.515 e. The van der Waals surface area contributed by atoms with Crippen LogP contribution in [-0.2, 0) is 4.74 Å². The fourth-order valence-corrected chi connectivity index (χ4v) is 0.926. The number of carbonyl (C=O) groups is 1. The Kier molecular flexibility index (Phi) is 4.17. The topological polar surface area (TPSA) is 59.3 Å². The Morgan fingerprint density at radius 2 is 2.13 bits per heavy atom. The van der Waals surface area contributed by atoms with Gasteiger partial charge in [0, 0.05) is 0 Å². The molecular formula is C11H11NO3. The molecule has 0 heterocycles. The molecule has 0 fully saturated rings. The van der Waals surface area contributed by atoms with Crippen molar-refractivity contribution in [2.75, 3.05) is 0 Å². The fraction of sp³-hybridized carbons (Fsp3) is 0.273. The molecule has 0 radical (unpaired) electrons. The average molecular weight is 205 g/mol.